The molecule has 0 aliphatic carbocycles. The van der Waals surface area contributed by atoms with Crippen molar-refractivity contribution in [2.75, 3.05) is 32.1 Å². The van der Waals surface area contributed by atoms with Crippen LogP contribution in [0, 0.1) is 0 Å². The summed E-state index contributed by atoms with van der Waals surface area (Å²) in [6.45, 7) is 3.09. The maximum absolute atomic E-state index is 12.8. The Bertz CT molecular complexity index is 509. The zero-order chi connectivity index (χ0) is 16.8. The lowest BCUT2D eigenvalue weighted by molar-refractivity contribution is -0.137. The number of carbonyl (C=O) groups excluding carboxylic acids is 1. The number of ether oxygens (including phenoxy) is 1. The number of halogens is 4. The van der Waals surface area contributed by atoms with Crippen molar-refractivity contribution < 1.29 is 22.7 Å². The lowest BCUT2D eigenvalue weighted by Crippen LogP contribution is -2.37. The van der Waals surface area contributed by atoms with Gasteiger partial charge in [-0.3, -0.25) is 0 Å². The first-order valence-corrected chi connectivity index (χ1v) is 7.09. The van der Waals surface area contributed by atoms with Gasteiger partial charge in [-0.1, -0.05) is 18.5 Å². The molecule has 1 N–H and O–H groups in total. The van der Waals surface area contributed by atoms with E-state index in [1.165, 1.54) is 18.1 Å². The maximum Gasteiger partial charge on any atom is 0.417 e. The highest BCUT2D eigenvalue weighted by atomic mass is 35.5. The normalized spacial score (nSPS) is 11.4. The van der Waals surface area contributed by atoms with Crippen molar-refractivity contribution in [1.29, 1.82) is 0 Å². The fraction of sp³-hybridized carbons (Fsp3) is 0.500. The van der Waals surface area contributed by atoms with Gasteiger partial charge in [0.2, 0.25) is 0 Å². The minimum absolute atomic E-state index is 0.0419. The van der Waals surface area contributed by atoms with Crippen LogP contribution in [0.15, 0.2) is 18.2 Å². The van der Waals surface area contributed by atoms with Gasteiger partial charge in [0.15, 0.2) is 0 Å². The van der Waals surface area contributed by atoms with Crippen LogP contribution in [0.25, 0.3) is 0 Å². The monoisotopic (exact) mass is 338 g/mol. The molecule has 0 fully saturated rings. The quantitative estimate of drug-likeness (QED) is 0.842. The zero-order valence-electron chi connectivity index (χ0n) is 12.3. The van der Waals surface area contributed by atoms with E-state index in [9.17, 15) is 18.0 Å². The number of urea groups is 1. The Morgan fingerprint density at radius 3 is 2.59 bits per heavy atom. The second kappa shape index (κ2) is 8.24. The van der Waals surface area contributed by atoms with Gasteiger partial charge >= 0.3 is 12.2 Å². The third kappa shape index (κ3) is 5.38. The summed E-state index contributed by atoms with van der Waals surface area (Å²) in [6.07, 6.45) is -3.84. The number of nitrogens with zero attached hydrogens (tertiary/aromatic N) is 1. The van der Waals surface area contributed by atoms with E-state index in [1.54, 1.807) is 0 Å². The third-order valence-electron chi connectivity index (χ3n) is 2.87. The minimum atomic E-state index is -4.57. The summed E-state index contributed by atoms with van der Waals surface area (Å²) in [5.74, 6) is 0. The maximum atomic E-state index is 12.8. The molecule has 4 nitrogen and oxygen atoms in total. The molecule has 1 aromatic carbocycles. The van der Waals surface area contributed by atoms with Crippen LogP contribution in [0.5, 0.6) is 0 Å². The Labute approximate surface area is 132 Å². The molecule has 124 valence electrons. The van der Waals surface area contributed by atoms with Crippen molar-refractivity contribution in [3.63, 3.8) is 0 Å². The lowest BCUT2D eigenvalue weighted by Gasteiger charge is -2.22. The Balaban J connectivity index is 2.86. The number of alkyl halides is 3. The van der Waals surface area contributed by atoms with Crippen LogP contribution < -0.4 is 5.32 Å². The molecular formula is C14H18ClF3N2O2. The molecular weight excluding hydrogens is 321 g/mol. The molecule has 0 saturated heterocycles. The van der Waals surface area contributed by atoms with Gasteiger partial charge in [0.1, 0.15) is 0 Å². The van der Waals surface area contributed by atoms with Gasteiger partial charge in [-0.2, -0.15) is 13.2 Å². The molecule has 0 unspecified atom stereocenters. The first-order valence-electron chi connectivity index (χ1n) is 6.71. The Kier molecular flexibility index (Phi) is 6.96. The van der Waals surface area contributed by atoms with Crippen LogP contribution >= 0.6 is 11.6 Å². The summed E-state index contributed by atoms with van der Waals surface area (Å²) in [4.78, 5) is 13.6. The summed E-state index contributed by atoms with van der Waals surface area (Å²) in [7, 11) is 1.51. The van der Waals surface area contributed by atoms with Crippen molar-refractivity contribution in [1.82, 2.24) is 4.90 Å². The standard InChI is InChI=1S/C14H18ClF3N2O2/c1-3-6-20(7-8-22-2)13(21)19-10-4-5-12(15)11(9-10)14(16,17)18/h4-5,9H,3,6-8H2,1-2H3,(H,19,21). The second-order valence-corrected chi connectivity index (χ2v) is 5.01. The zero-order valence-corrected chi connectivity index (χ0v) is 13.1. The van der Waals surface area contributed by atoms with Crippen molar-refractivity contribution in [3.8, 4) is 0 Å². The molecule has 0 aliphatic rings. The lowest BCUT2D eigenvalue weighted by atomic mass is 10.2. The summed E-state index contributed by atoms with van der Waals surface area (Å²) < 4.78 is 43.3. The van der Waals surface area contributed by atoms with Gasteiger partial charge < -0.3 is 15.0 Å². The van der Waals surface area contributed by atoms with Crippen LogP contribution in [-0.4, -0.2) is 37.7 Å². The smallest absolute Gasteiger partial charge is 0.383 e. The fourth-order valence-corrected chi connectivity index (χ4v) is 2.03. The molecule has 22 heavy (non-hydrogen) atoms. The van der Waals surface area contributed by atoms with Crippen LogP contribution in [0.4, 0.5) is 23.7 Å². The molecule has 8 heteroatoms. The number of nitrogens with one attached hydrogen (secondary N) is 1. The van der Waals surface area contributed by atoms with E-state index >= 15 is 0 Å². The molecule has 0 heterocycles. The Morgan fingerprint density at radius 1 is 1.36 bits per heavy atom. The fourth-order valence-electron chi connectivity index (χ4n) is 1.81. The molecule has 0 aromatic heterocycles. The number of carbonyl (C=O) groups is 1. The SMILES string of the molecule is CCCN(CCOC)C(=O)Nc1ccc(Cl)c(C(F)(F)F)c1. The largest absolute Gasteiger partial charge is 0.417 e. The number of hydrogen-bond acceptors (Lipinski definition) is 2. The minimum Gasteiger partial charge on any atom is -0.383 e. The van der Waals surface area contributed by atoms with Crippen molar-refractivity contribution >= 4 is 23.3 Å². The van der Waals surface area contributed by atoms with E-state index in [2.05, 4.69) is 5.32 Å². The van der Waals surface area contributed by atoms with Crippen molar-refractivity contribution in [3.05, 3.63) is 28.8 Å². The summed E-state index contributed by atoms with van der Waals surface area (Å²) in [6, 6.07) is 2.78. The molecule has 0 radical (unpaired) electrons. The van der Waals surface area contributed by atoms with Crippen LogP contribution in [0.1, 0.15) is 18.9 Å². The number of amides is 2. The molecule has 0 spiro atoms. The van der Waals surface area contributed by atoms with Gasteiger partial charge in [0.05, 0.1) is 17.2 Å². The highest BCUT2D eigenvalue weighted by Crippen LogP contribution is 2.36. The second-order valence-electron chi connectivity index (χ2n) is 4.60. The highest BCUT2D eigenvalue weighted by molar-refractivity contribution is 6.31. The molecule has 1 rings (SSSR count). The van der Waals surface area contributed by atoms with E-state index in [0.29, 0.717) is 19.7 Å². The molecule has 0 atom stereocenters. The van der Waals surface area contributed by atoms with Gasteiger partial charge in [-0.15, -0.1) is 0 Å². The first kappa shape index (κ1) is 18.6. The number of methoxy groups -OCH3 is 1. The van der Waals surface area contributed by atoms with Gasteiger partial charge in [0.25, 0.3) is 0 Å². The number of hydrogen-bond donors (Lipinski definition) is 1. The van der Waals surface area contributed by atoms with E-state index in [-0.39, 0.29) is 5.69 Å². The predicted molar refractivity (Wildman–Crippen MR) is 79.2 cm³/mol. The average Bonchev–Trinajstić information content (AvgIpc) is 2.44. The van der Waals surface area contributed by atoms with Crippen LogP contribution in [0.3, 0.4) is 0 Å². The molecule has 0 saturated carbocycles. The summed E-state index contributed by atoms with van der Waals surface area (Å²) in [5, 5.41) is 2.04. The summed E-state index contributed by atoms with van der Waals surface area (Å²) in [5.41, 5.74) is -0.939. The molecule has 2 amide bonds. The Morgan fingerprint density at radius 2 is 2.05 bits per heavy atom. The number of benzene rings is 1. The Hall–Kier alpha value is -1.47. The number of rotatable bonds is 6. The van der Waals surface area contributed by atoms with Gasteiger partial charge in [-0.25, -0.2) is 4.79 Å². The average molecular weight is 339 g/mol. The van der Waals surface area contributed by atoms with Crippen molar-refractivity contribution in [2.45, 2.75) is 19.5 Å². The van der Waals surface area contributed by atoms with Gasteiger partial charge in [-0.05, 0) is 24.6 Å². The highest BCUT2D eigenvalue weighted by Gasteiger charge is 2.33. The molecule has 0 aliphatic heterocycles. The van der Waals surface area contributed by atoms with Crippen LogP contribution in [-0.2, 0) is 10.9 Å². The topological polar surface area (TPSA) is 41.6 Å². The number of anilines is 1. The van der Waals surface area contributed by atoms with Crippen molar-refractivity contribution in [2.24, 2.45) is 0 Å². The van der Waals surface area contributed by atoms with E-state index in [4.69, 9.17) is 16.3 Å². The molecule has 0 bridgehead atoms. The van der Waals surface area contributed by atoms with E-state index in [0.717, 1.165) is 18.6 Å². The first-order chi connectivity index (χ1) is 10.3. The summed E-state index contributed by atoms with van der Waals surface area (Å²) >= 11 is 5.54. The van der Waals surface area contributed by atoms with E-state index in [1.807, 2.05) is 6.92 Å². The van der Waals surface area contributed by atoms with Crippen LogP contribution in [0.2, 0.25) is 5.02 Å². The van der Waals surface area contributed by atoms with Gasteiger partial charge in [0, 0.05) is 25.9 Å². The molecule has 1 aromatic rings. The van der Waals surface area contributed by atoms with E-state index < -0.39 is 22.8 Å². The predicted octanol–water partition coefficient (Wildman–Crippen LogP) is 4.25. The third-order valence-corrected chi connectivity index (χ3v) is 3.20.